The number of aliphatic hydroxyl groups excluding tert-OH is 2. The van der Waals surface area contributed by atoms with Gasteiger partial charge in [-0.15, -0.1) is 0 Å². The van der Waals surface area contributed by atoms with Crippen molar-refractivity contribution in [2.45, 2.75) is 24.4 Å². The summed E-state index contributed by atoms with van der Waals surface area (Å²) in [5.41, 5.74) is 0.739. The molecule has 1 aromatic rings. The first-order chi connectivity index (χ1) is 11.9. The second-order valence-corrected chi connectivity index (χ2v) is 7.29. The van der Waals surface area contributed by atoms with E-state index in [1.807, 2.05) is 42.9 Å². The zero-order valence-corrected chi connectivity index (χ0v) is 15.7. The predicted molar refractivity (Wildman–Crippen MR) is 98.1 cm³/mol. The Hall–Kier alpha value is -1.23. The molecule has 0 unspecified atom stereocenters. The number of nitrogens with one attached hydrogen (secondary N) is 2. The third-order valence-corrected chi connectivity index (χ3v) is 4.98. The number of nitrogens with zero attached hydrogens (tertiary/aromatic N) is 2. The van der Waals surface area contributed by atoms with E-state index in [9.17, 15) is 15.0 Å². The summed E-state index contributed by atoms with van der Waals surface area (Å²) in [5.74, 6) is 0. The topological polar surface area (TPSA) is 97.3 Å². The molecule has 2 amide bonds. The van der Waals surface area contributed by atoms with Crippen molar-refractivity contribution >= 4 is 23.1 Å². The lowest BCUT2D eigenvalue weighted by molar-refractivity contribution is -0.0205. The molecule has 1 saturated heterocycles. The smallest absolute Gasteiger partial charge is 0.319 e. The Labute approximate surface area is 152 Å². The van der Waals surface area contributed by atoms with Gasteiger partial charge < -0.3 is 30.5 Å². The van der Waals surface area contributed by atoms with Crippen LogP contribution in [0.2, 0.25) is 0 Å². The number of thiophene rings is 1. The third kappa shape index (κ3) is 5.63. The Balaban J connectivity index is 1.91. The van der Waals surface area contributed by atoms with Gasteiger partial charge in [0, 0.05) is 25.0 Å². The van der Waals surface area contributed by atoms with Crippen molar-refractivity contribution in [1.29, 1.82) is 0 Å². The van der Waals surface area contributed by atoms with Gasteiger partial charge in [0.15, 0.2) is 0 Å². The maximum atomic E-state index is 12.0. The predicted octanol–water partition coefficient (Wildman–Crippen LogP) is -0.148. The lowest BCUT2D eigenvalue weighted by Crippen LogP contribution is -2.51. The van der Waals surface area contributed by atoms with Crippen LogP contribution >= 0.6 is 11.3 Å². The lowest BCUT2D eigenvalue weighted by Gasteiger charge is -2.31. The van der Waals surface area contributed by atoms with Gasteiger partial charge in [-0.2, -0.15) is 11.3 Å². The van der Waals surface area contributed by atoms with Gasteiger partial charge in [0.05, 0.1) is 24.4 Å². The molecule has 0 saturated carbocycles. The Kier molecular flexibility index (Phi) is 7.60. The maximum Gasteiger partial charge on any atom is 0.319 e. The lowest BCUT2D eigenvalue weighted by atomic mass is 10.0. The van der Waals surface area contributed by atoms with Crippen LogP contribution in [0, 0.1) is 0 Å². The van der Waals surface area contributed by atoms with Crippen LogP contribution in [0.5, 0.6) is 0 Å². The van der Waals surface area contributed by atoms with E-state index in [1.54, 1.807) is 0 Å². The van der Waals surface area contributed by atoms with Gasteiger partial charge in [-0.05, 0) is 32.6 Å². The van der Waals surface area contributed by atoms with Gasteiger partial charge in [0.1, 0.15) is 12.2 Å². The maximum absolute atomic E-state index is 12.0. The van der Waals surface area contributed by atoms with Crippen LogP contribution in [0.25, 0.3) is 0 Å². The summed E-state index contributed by atoms with van der Waals surface area (Å²) in [6.45, 7) is 1.58. The SMILES string of the molecule is CN(C)CCN(C)[C@@H]1[C@H](O)[C@H](CO)O[C@@H]1CNC(=O)Nc1ccsc1. The number of likely N-dealkylation sites (N-methyl/N-ethyl adjacent to an activating group) is 2. The van der Waals surface area contributed by atoms with Crippen LogP contribution < -0.4 is 10.6 Å². The number of carbonyl (C=O) groups is 1. The number of hydrogen-bond acceptors (Lipinski definition) is 7. The minimum atomic E-state index is -0.802. The average molecular weight is 372 g/mol. The zero-order valence-electron chi connectivity index (χ0n) is 14.9. The number of amides is 2. The summed E-state index contributed by atoms with van der Waals surface area (Å²) in [6, 6.07) is 1.21. The standard InChI is InChI=1S/C16H28N4O4S/c1-19(2)5-6-20(3)14-12(24-13(9-21)15(14)22)8-17-16(23)18-11-4-7-25-10-11/h4,7,10,12-15,21-22H,5-6,8-9H2,1-3H3,(H2,17,18,23)/t12-,13+,14+,15-/m1/s1. The van der Waals surface area contributed by atoms with E-state index in [1.165, 1.54) is 11.3 Å². The zero-order chi connectivity index (χ0) is 18.4. The molecule has 142 valence electrons. The molecule has 0 spiro atoms. The molecule has 1 aliphatic rings. The quantitative estimate of drug-likeness (QED) is 0.507. The van der Waals surface area contributed by atoms with Gasteiger partial charge in [0.2, 0.25) is 0 Å². The molecule has 9 heteroatoms. The summed E-state index contributed by atoms with van der Waals surface area (Å²) in [4.78, 5) is 16.1. The average Bonchev–Trinajstić information content (AvgIpc) is 3.18. The number of carbonyl (C=O) groups excluding carboxylic acids is 1. The van der Waals surface area contributed by atoms with Gasteiger partial charge in [0.25, 0.3) is 0 Å². The summed E-state index contributed by atoms with van der Waals surface area (Å²) >= 11 is 1.50. The van der Waals surface area contributed by atoms with Crippen LogP contribution in [-0.2, 0) is 4.74 Å². The number of hydrogen-bond donors (Lipinski definition) is 4. The van der Waals surface area contributed by atoms with E-state index in [4.69, 9.17) is 4.74 Å². The second-order valence-electron chi connectivity index (χ2n) is 6.51. The minimum Gasteiger partial charge on any atom is -0.394 e. The van der Waals surface area contributed by atoms with Crippen LogP contribution in [0.4, 0.5) is 10.5 Å². The van der Waals surface area contributed by atoms with Crippen molar-refractivity contribution in [2.75, 3.05) is 52.7 Å². The number of aliphatic hydroxyl groups is 2. The molecule has 0 aromatic carbocycles. The van der Waals surface area contributed by atoms with E-state index in [2.05, 4.69) is 15.5 Å². The van der Waals surface area contributed by atoms with Crippen molar-refractivity contribution in [3.8, 4) is 0 Å². The highest BCUT2D eigenvalue weighted by atomic mass is 32.1. The van der Waals surface area contributed by atoms with Crippen LogP contribution in [0.3, 0.4) is 0 Å². The molecule has 1 fully saturated rings. The van der Waals surface area contributed by atoms with Gasteiger partial charge in [-0.3, -0.25) is 4.90 Å². The fourth-order valence-electron chi connectivity index (χ4n) is 2.90. The summed E-state index contributed by atoms with van der Waals surface area (Å²) in [6.07, 6.45) is -1.84. The van der Waals surface area contributed by atoms with Crippen molar-refractivity contribution in [2.24, 2.45) is 0 Å². The molecule has 1 aromatic heterocycles. The largest absolute Gasteiger partial charge is 0.394 e. The molecule has 1 aliphatic heterocycles. The highest BCUT2D eigenvalue weighted by Gasteiger charge is 2.45. The number of rotatable bonds is 8. The highest BCUT2D eigenvalue weighted by Crippen LogP contribution is 2.25. The molecule has 2 heterocycles. The van der Waals surface area contributed by atoms with Gasteiger partial charge >= 0.3 is 6.03 Å². The molecular formula is C16H28N4O4S. The summed E-state index contributed by atoms with van der Waals surface area (Å²) in [7, 11) is 5.89. The van der Waals surface area contributed by atoms with Crippen molar-refractivity contribution in [1.82, 2.24) is 15.1 Å². The Morgan fingerprint density at radius 2 is 2.08 bits per heavy atom. The molecule has 4 N–H and O–H groups in total. The van der Waals surface area contributed by atoms with Crippen LogP contribution in [0.1, 0.15) is 0 Å². The normalized spacial score (nSPS) is 26.4. The second kappa shape index (κ2) is 9.46. The molecule has 25 heavy (non-hydrogen) atoms. The molecule has 8 nitrogen and oxygen atoms in total. The highest BCUT2D eigenvalue weighted by molar-refractivity contribution is 7.08. The van der Waals surface area contributed by atoms with Crippen molar-refractivity contribution < 1.29 is 19.7 Å². The first kappa shape index (κ1) is 20.1. The third-order valence-electron chi connectivity index (χ3n) is 4.29. The van der Waals surface area contributed by atoms with Gasteiger partial charge in [-0.25, -0.2) is 4.79 Å². The molecule has 4 atom stereocenters. The molecule has 0 aliphatic carbocycles. The Morgan fingerprint density at radius 1 is 1.32 bits per heavy atom. The van der Waals surface area contributed by atoms with Crippen molar-refractivity contribution in [3.63, 3.8) is 0 Å². The fraction of sp³-hybridized carbons (Fsp3) is 0.688. The first-order valence-corrected chi connectivity index (χ1v) is 9.23. The summed E-state index contributed by atoms with van der Waals surface area (Å²) < 4.78 is 5.75. The molecule has 2 rings (SSSR count). The Morgan fingerprint density at radius 3 is 2.68 bits per heavy atom. The minimum absolute atomic E-state index is 0.250. The first-order valence-electron chi connectivity index (χ1n) is 8.28. The monoisotopic (exact) mass is 372 g/mol. The molecule has 0 radical (unpaired) electrons. The summed E-state index contributed by atoms with van der Waals surface area (Å²) in [5, 5.41) is 29.1. The number of ether oxygens (including phenoxy) is 1. The Bertz CT molecular complexity index is 528. The van der Waals surface area contributed by atoms with E-state index in [0.717, 1.165) is 18.8 Å². The fourth-order valence-corrected chi connectivity index (χ4v) is 3.49. The van der Waals surface area contributed by atoms with E-state index >= 15 is 0 Å². The van der Waals surface area contributed by atoms with Gasteiger partial charge in [-0.1, -0.05) is 0 Å². The van der Waals surface area contributed by atoms with Crippen molar-refractivity contribution in [3.05, 3.63) is 16.8 Å². The molecular weight excluding hydrogens is 344 g/mol. The van der Waals surface area contributed by atoms with Crippen LogP contribution in [0.15, 0.2) is 16.8 Å². The van der Waals surface area contributed by atoms with E-state index < -0.39 is 18.3 Å². The van der Waals surface area contributed by atoms with E-state index in [0.29, 0.717) is 0 Å². The number of urea groups is 1. The number of anilines is 1. The molecule has 0 bridgehead atoms. The van der Waals surface area contributed by atoms with Crippen LogP contribution in [-0.4, -0.2) is 97.8 Å². The van der Waals surface area contributed by atoms with E-state index in [-0.39, 0.29) is 25.2 Å².